The van der Waals surface area contributed by atoms with E-state index in [-0.39, 0.29) is 18.8 Å². The van der Waals surface area contributed by atoms with Crippen LogP contribution in [0.4, 0.5) is 5.69 Å². The van der Waals surface area contributed by atoms with Gasteiger partial charge in [-0.05, 0) is 6.07 Å². The Morgan fingerprint density at radius 3 is 2.81 bits per heavy atom. The Bertz CT molecular complexity index is 672. The van der Waals surface area contributed by atoms with Crippen LogP contribution >= 0.6 is 0 Å². The summed E-state index contributed by atoms with van der Waals surface area (Å²) in [5, 5.41) is 12.3. The van der Waals surface area contributed by atoms with Gasteiger partial charge < -0.3 is 20.9 Å². The molecule has 0 atom stereocenters. The maximum absolute atomic E-state index is 11.5. The lowest BCUT2D eigenvalue weighted by Gasteiger charge is -2.12. The second-order valence-corrected chi connectivity index (χ2v) is 4.30. The maximum Gasteiger partial charge on any atom is 0.329 e. The molecule has 0 unspecified atom stereocenters. The zero-order chi connectivity index (χ0) is 15.2. The van der Waals surface area contributed by atoms with Gasteiger partial charge in [0, 0.05) is 18.1 Å². The van der Waals surface area contributed by atoms with Crippen molar-refractivity contribution in [3.8, 4) is 0 Å². The first-order valence-corrected chi connectivity index (χ1v) is 6.30. The van der Waals surface area contributed by atoms with E-state index in [4.69, 9.17) is 15.6 Å². The Morgan fingerprint density at radius 1 is 1.33 bits per heavy atom. The topological polar surface area (TPSA) is 115 Å². The molecule has 0 aliphatic carbocycles. The number of carbonyl (C=O) groups is 2. The second kappa shape index (κ2) is 6.67. The van der Waals surface area contributed by atoms with Crippen molar-refractivity contribution in [2.45, 2.75) is 0 Å². The fourth-order valence-electron chi connectivity index (χ4n) is 1.93. The third-order valence-corrected chi connectivity index (χ3v) is 2.81. The van der Waals surface area contributed by atoms with Crippen molar-refractivity contribution in [1.29, 1.82) is 0 Å². The van der Waals surface area contributed by atoms with E-state index in [1.165, 1.54) is 6.20 Å². The fourth-order valence-corrected chi connectivity index (χ4v) is 1.93. The first-order valence-electron chi connectivity index (χ1n) is 6.30. The highest BCUT2D eigenvalue weighted by molar-refractivity contribution is 6.06. The highest BCUT2D eigenvalue weighted by Crippen LogP contribution is 2.25. The first kappa shape index (κ1) is 14.7. The average molecular weight is 289 g/mol. The molecule has 4 N–H and O–H groups in total. The molecule has 1 amide bonds. The largest absolute Gasteiger partial charge is 0.480 e. The minimum absolute atomic E-state index is 0.196. The summed E-state index contributed by atoms with van der Waals surface area (Å²) in [5.74, 6) is -1.61. The Kier molecular flexibility index (Phi) is 4.68. The molecule has 0 saturated heterocycles. The Hall–Kier alpha value is -2.67. The van der Waals surface area contributed by atoms with E-state index in [1.54, 1.807) is 0 Å². The smallest absolute Gasteiger partial charge is 0.329 e. The lowest BCUT2D eigenvalue weighted by atomic mass is 10.1. The minimum Gasteiger partial charge on any atom is -0.480 e. The van der Waals surface area contributed by atoms with Gasteiger partial charge in [-0.1, -0.05) is 18.2 Å². The molecule has 7 heteroatoms. The van der Waals surface area contributed by atoms with Crippen LogP contribution in [-0.4, -0.2) is 41.7 Å². The molecule has 2 aromatic rings. The number of hydrogen-bond donors (Lipinski definition) is 3. The van der Waals surface area contributed by atoms with Crippen LogP contribution in [0, 0.1) is 0 Å². The Labute approximate surface area is 120 Å². The normalized spacial score (nSPS) is 10.5. The number of nitrogens with zero attached hydrogens (tertiary/aromatic N) is 1. The summed E-state index contributed by atoms with van der Waals surface area (Å²) in [6.45, 7) is 0.185. The second-order valence-electron chi connectivity index (χ2n) is 4.30. The van der Waals surface area contributed by atoms with Gasteiger partial charge in [0.2, 0.25) is 0 Å². The molecule has 1 heterocycles. The van der Waals surface area contributed by atoms with Gasteiger partial charge in [0.05, 0.1) is 23.4 Å². The van der Waals surface area contributed by atoms with Gasteiger partial charge in [0.1, 0.15) is 6.61 Å². The molecule has 0 fully saturated rings. The number of ether oxygens (including phenoxy) is 1. The predicted octanol–water partition coefficient (Wildman–Crippen LogP) is 0.847. The third kappa shape index (κ3) is 3.67. The number of amides is 1. The molecule has 0 radical (unpaired) electrons. The lowest BCUT2D eigenvalue weighted by molar-refractivity contribution is -0.142. The van der Waals surface area contributed by atoms with Crippen LogP contribution in [-0.2, 0) is 9.53 Å². The number of anilines is 1. The molecule has 0 bridgehead atoms. The highest BCUT2D eigenvalue weighted by Gasteiger charge is 2.12. The van der Waals surface area contributed by atoms with Gasteiger partial charge in [-0.15, -0.1) is 0 Å². The summed E-state index contributed by atoms with van der Waals surface area (Å²) in [4.78, 5) is 26.0. The summed E-state index contributed by atoms with van der Waals surface area (Å²) in [6, 6.07) is 7.33. The number of rotatable bonds is 7. The molecule has 1 aromatic heterocycles. The van der Waals surface area contributed by atoms with Crippen molar-refractivity contribution in [3.05, 3.63) is 36.0 Å². The van der Waals surface area contributed by atoms with Crippen molar-refractivity contribution in [1.82, 2.24) is 4.98 Å². The molecule has 0 saturated carbocycles. The minimum atomic E-state index is -1.03. The Morgan fingerprint density at radius 2 is 2.10 bits per heavy atom. The number of carbonyl (C=O) groups excluding carboxylic acids is 1. The van der Waals surface area contributed by atoms with Crippen LogP contribution in [0.2, 0.25) is 0 Å². The monoisotopic (exact) mass is 289 g/mol. The van der Waals surface area contributed by atoms with Crippen LogP contribution in [0.3, 0.4) is 0 Å². The van der Waals surface area contributed by atoms with Gasteiger partial charge in [-0.25, -0.2) is 4.79 Å². The number of carboxylic acids is 1. The zero-order valence-corrected chi connectivity index (χ0v) is 11.2. The number of fused-ring (bicyclic) bond motifs is 1. The first-order chi connectivity index (χ1) is 10.1. The van der Waals surface area contributed by atoms with Gasteiger partial charge in [-0.2, -0.15) is 0 Å². The van der Waals surface area contributed by atoms with E-state index >= 15 is 0 Å². The van der Waals surface area contributed by atoms with E-state index in [0.29, 0.717) is 12.2 Å². The average Bonchev–Trinajstić information content (AvgIpc) is 2.46. The van der Waals surface area contributed by atoms with E-state index < -0.39 is 11.9 Å². The molecule has 0 aliphatic rings. The quantitative estimate of drug-likeness (QED) is 0.651. The molecule has 110 valence electrons. The van der Waals surface area contributed by atoms with Crippen LogP contribution in [0.1, 0.15) is 10.4 Å². The number of carboxylic acid groups (broad SMARTS) is 1. The van der Waals surface area contributed by atoms with Crippen molar-refractivity contribution in [2.75, 3.05) is 25.1 Å². The highest BCUT2D eigenvalue weighted by atomic mass is 16.5. The van der Waals surface area contributed by atoms with Gasteiger partial charge in [0.15, 0.2) is 0 Å². The molecular formula is C14H15N3O4. The summed E-state index contributed by atoms with van der Waals surface area (Å²) in [7, 11) is 0. The number of primary amides is 1. The molecule has 1 aromatic carbocycles. The summed E-state index contributed by atoms with van der Waals surface area (Å²) < 4.78 is 4.94. The van der Waals surface area contributed by atoms with Crippen LogP contribution < -0.4 is 11.1 Å². The van der Waals surface area contributed by atoms with Crippen LogP contribution in [0.25, 0.3) is 10.9 Å². The predicted molar refractivity (Wildman–Crippen MR) is 77.2 cm³/mol. The number of nitrogens with one attached hydrogen (secondary N) is 1. The number of hydrogen-bond acceptors (Lipinski definition) is 5. The van der Waals surface area contributed by atoms with Gasteiger partial charge >= 0.3 is 5.97 Å². The summed E-state index contributed by atoms with van der Waals surface area (Å²) in [6.07, 6.45) is 1.42. The third-order valence-electron chi connectivity index (χ3n) is 2.81. The van der Waals surface area contributed by atoms with E-state index in [1.807, 2.05) is 24.3 Å². The van der Waals surface area contributed by atoms with E-state index in [9.17, 15) is 9.59 Å². The van der Waals surface area contributed by atoms with E-state index in [0.717, 1.165) is 10.9 Å². The number of benzene rings is 1. The molecule has 7 nitrogen and oxygen atoms in total. The van der Waals surface area contributed by atoms with Crippen molar-refractivity contribution in [2.24, 2.45) is 5.73 Å². The molecule has 0 aliphatic heterocycles. The lowest BCUT2D eigenvalue weighted by Crippen LogP contribution is -2.18. The van der Waals surface area contributed by atoms with Gasteiger partial charge in [-0.3, -0.25) is 9.78 Å². The number of para-hydroxylation sites is 1. The fraction of sp³-hybridized carbons (Fsp3) is 0.214. The van der Waals surface area contributed by atoms with E-state index in [2.05, 4.69) is 10.3 Å². The number of nitrogens with two attached hydrogens (primary N) is 1. The molecule has 2 rings (SSSR count). The standard InChI is InChI=1S/C14H15N3O4/c15-14(20)10-7-17-11-4-2-1-3-9(11)13(10)16-5-6-21-8-12(18)19/h1-4,7H,5-6,8H2,(H2,15,20)(H,16,17)(H,18,19). The summed E-state index contributed by atoms with van der Waals surface area (Å²) >= 11 is 0. The number of aromatic nitrogens is 1. The van der Waals surface area contributed by atoms with Gasteiger partial charge in [0.25, 0.3) is 5.91 Å². The number of aliphatic carboxylic acids is 1. The van der Waals surface area contributed by atoms with Crippen molar-refractivity contribution < 1.29 is 19.4 Å². The SMILES string of the molecule is NC(=O)c1cnc2ccccc2c1NCCOCC(=O)O. The van der Waals surface area contributed by atoms with Crippen molar-refractivity contribution >= 4 is 28.5 Å². The maximum atomic E-state index is 11.5. The molecular weight excluding hydrogens is 274 g/mol. The van der Waals surface area contributed by atoms with Crippen LogP contribution in [0.15, 0.2) is 30.5 Å². The van der Waals surface area contributed by atoms with Crippen molar-refractivity contribution in [3.63, 3.8) is 0 Å². The molecule has 0 spiro atoms. The molecule has 21 heavy (non-hydrogen) atoms. The van der Waals surface area contributed by atoms with Crippen LogP contribution in [0.5, 0.6) is 0 Å². The number of pyridine rings is 1. The zero-order valence-electron chi connectivity index (χ0n) is 11.2. The Balaban J connectivity index is 2.17. The summed E-state index contributed by atoms with van der Waals surface area (Å²) in [5.41, 5.74) is 6.94.